The third-order valence-electron chi connectivity index (χ3n) is 4.25. The molecule has 0 aliphatic heterocycles. The van der Waals surface area contributed by atoms with Crippen molar-refractivity contribution < 1.29 is 49.0 Å². The van der Waals surface area contributed by atoms with E-state index < -0.39 is 12.6 Å². The van der Waals surface area contributed by atoms with Crippen molar-refractivity contribution in [3.8, 4) is 11.8 Å². The Labute approximate surface area is 199 Å². The fourth-order valence-corrected chi connectivity index (χ4v) is 2.58. The van der Waals surface area contributed by atoms with E-state index in [-0.39, 0.29) is 35.3 Å². The molecule has 2 rings (SSSR count). The van der Waals surface area contributed by atoms with Crippen LogP contribution in [0.25, 0.3) is 0 Å². The number of carbonyl (C=O) groups is 2. The van der Waals surface area contributed by atoms with Crippen molar-refractivity contribution in [2.45, 2.75) is 33.7 Å². The van der Waals surface area contributed by atoms with Crippen LogP contribution in [0.5, 0.6) is 0 Å². The molecule has 2 aromatic rings. The summed E-state index contributed by atoms with van der Waals surface area (Å²) < 4.78 is 6.86. The molecule has 5 nitrogen and oxygen atoms in total. The number of benzene rings is 1. The van der Waals surface area contributed by atoms with Crippen LogP contribution in [0.15, 0.2) is 66.1 Å². The molecular weight excluding hydrogens is 389 g/mol. The van der Waals surface area contributed by atoms with Crippen LogP contribution in [-0.2, 0) is 16.1 Å². The fraction of sp³-hybridized carbons (Fsp3) is 0.250. The molecule has 150 valence electrons. The molecule has 1 aromatic carbocycles. The van der Waals surface area contributed by atoms with Gasteiger partial charge in [0.05, 0.1) is 24.0 Å². The quantitative estimate of drug-likeness (QED) is 0.265. The van der Waals surface area contributed by atoms with E-state index in [1.165, 1.54) is 0 Å². The molecule has 1 heterocycles. The standard InChI is InChI=1S/C24H25NO4.Na/c1-4-20(12-11-19(3)29-17-23(26)27)7-5-15-25-16-6-8-22(25)24(28)21-13-9-18(2)10-14-21;/h4,6,8-11,13-14,16H,12,15,17H2,1-3H3,(H,26,27);/q;+1/p-1/b19-11+,20-4-;. The van der Waals surface area contributed by atoms with Crippen molar-refractivity contribution in [1.82, 2.24) is 4.57 Å². The predicted octanol–water partition coefficient (Wildman–Crippen LogP) is 0.0416. The number of ketones is 1. The molecule has 0 saturated carbocycles. The fourth-order valence-electron chi connectivity index (χ4n) is 2.58. The number of allylic oxidation sites excluding steroid dienone is 4. The summed E-state index contributed by atoms with van der Waals surface area (Å²) in [5.41, 5.74) is 3.22. The normalized spacial score (nSPS) is 11.2. The first-order chi connectivity index (χ1) is 13.9. The zero-order valence-electron chi connectivity index (χ0n) is 17.9. The smallest absolute Gasteiger partial charge is 0.546 e. The molecule has 6 heteroatoms. The Bertz CT molecular complexity index is 988. The predicted molar refractivity (Wildman–Crippen MR) is 110 cm³/mol. The Balaban J connectivity index is 0.00000450. The van der Waals surface area contributed by atoms with Crippen LogP contribution in [0, 0.1) is 18.8 Å². The van der Waals surface area contributed by atoms with E-state index >= 15 is 0 Å². The summed E-state index contributed by atoms with van der Waals surface area (Å²) in [6.07, 6.45) is 6.03. The van der Waals surface area contributed by atoms with Gasteiger partial charge in [0.1, 0.15) is 6.61 Å². The van der Waals surface area contributed by atoms with Crippen molar-refractivity contribution in [2.75, 3.05) is 6.61 Å². The molecule has 0 amide bonds. The van der Waals surface area contributed by atoms with Gasteiger partial charge in [0, 0.05) is 23.8 Å². The van der Waals surface area contributed by atoms with Crippen LogP contribution >= 0.6 is 0 Å². The van der Waals surface area contributed by atoms with E-state index in [2.05, 4.69) is 11.8 Å². The average molecular weight is 413 g/mol. The van der Waals surface area contributed by atoms with Gasteiger partial charge in [-0.15, -0.1) is 0 Å². The molecule has 0 N–H and O–H groups in total. The molecule has 0 aliphatic carbocycles. The van der Waals surface area contributed by atoms with Gasteiger partial charge >= 0.3 is 29.6 Å². The number of carboxylic acids is 1. The van der Waals surface area contributed by atoms with Crippen LogP contribution in [0.4, 0.5) is 0 Å². The summed E-state index contributed by atoms with van der Waals surface area (Å²) in [6, 6.07) is 11.1. The van der Waals surface area contributed by atoms with Gasteiger partial charge in [-0.05, 0) is 39.0 Å². The first-order valence-electron chi connectivity index (χ1n) is 9.30. The second-order valence-electron chi connectivity index (χ2n) is 6.51. The molecule has 0 saturated heterocycles. The largest absolute Gasteiger partial charge is 1.00 e. The molecule has 0 spiro atoms. The average Bonchev–Trinajstić information content (AvgIpc) is 3.17. The molecule has 0 unspecified atom stereocenters. The number of aryl methyl sites for hydroxylation is 1. The topological polar surface area (TPSA) is 71.4 Å². The molecule has 0 radical (unpaired) electrons. The third-order valence-corrected chi connectivity index (χ3v) is 4.25. The molecule has 0 aliphatic rings. The molecule has 1 aromatic heterocycles. The van der Waals surface area contributed by atoms with Crippen LogP contribution in [0.3, 0.4) is 0 Å². The third kappa shape index (κ3) is 8.08. The van der Waals surface area contributed by atoms with Crippen LogP contribution in [0.1, 0.15) is 41.9 Å². The first kappa shape index (κ1) is 25.5. The Morgan fingerprint density at radius 1 is 1.20 bits per heavy atom. The zero-order chi connectivity index (χ0) is 21.2. The summed E-state index contributed by atoms with van der Waals surface area (Å²) in [7, 11) is 0. The number of nitrogens with zero attached hydrogens (tertiary/aromatic N) is 1. The Kier molecular flexibility index (Phi) is 11.0. The van der Waals surface area contributed by atoms with Crippen molar-refractivity contribution in [2.24, 2.45) is 0 Å². The molecule has 0 atom stereocenters. The summed E-state index contributed by atoms with van der Waals surface area (Å²) in [6.45, 7) is 5.48. The molecule has 0 bridgehead atoms. The molecule has 0 fully saturated rings. The van der Waals surface area contributed by atoms with Gasteiger partial charge < -0.3 is 19.2 Å². The maximum absolute atomic E-state index is 12.7. The maximum Gasteiger partial charge on any atom is 1.00 e. The van der Waals surface area contributed by atoms with Gasteiger partial charge in [-0.25, -0.2) is 0 Å². The van der Waals surface area contributed by atoms with E-state index in [0.29, 0.717) is 30.0 Å². The summed E-state index contributed by atoms with van der Waals surface area (Å²) in [4.78, 5) is 23.1. The number of carboxylic acid groups (broad SMARTS) is 1. The van der Waals surface area contributed by atoms with E-state index in [1.54, 1.807) is 19.1 Å². The minimum absolute atomic E-state index is 0. The number of rotatable bonds is 8. The van der Waals surface area contributed by atoms with Crippen molar-refractivity contribution in [3.05, 3.63) is 82.9 Å². The molecule has 30 heavy (non-hydrogen) atoms. The van der Waals surface area contributed by atoms with Gasteiger partial charge in [0.15, 0.2) is 0 Å². The van der Waals surface area contributed by atoms with Crippen LogP contribution < -0.4 is 34.7 Å². The second kappa shape index (κ2) is 12.9. The number of aliphatic carboxylic acids is 1. The number of hydrogen-bond acceptors (Lipinski definition) is 4. The monoisotopic (exact) mass is 413 g/mol. The van der Waals surface area contributed by atoms with Crippen molar-refractivity contribution in [3.63, 3.8) is 0 Å². The van der Waals surface area contributed by atoms with Gasteiger partial charge in [0.2, 0.25) is 5.78 Å². The van der Waals surface area contributed by atoms with Crippen molar-refractivity contribution in [1.29, 1.82) is 0 Å². The SMILES string of the molecule is C/C=C(/C#CCn1cccc1C(=O)c1ccc(C)cc1)C/C=C(\C)OCC(=O)[O-].[Na+]. The summed E-state index contributed by atoms with van der Waals surface area (Å²) in [5, 5.41) is 10.4. The first-order valence-corrected chi connectivity index (χ1v) is 9.30. The number of ether oxygens (including phenoxy) is 1. The van der Waals surface area contributed by atoms with E-state index in [4.69, 9.17) is 4.74 Å². The second-order valence-corrected chi connectivity index (χ2v) is 6.51. The number of hydrogen-bond donors (Lipinski definition) is 0. The minimum Gasteiger partial charge on any atom is -0.546 e. The maximum atomic E-state index is 12.7. The van der Waals surface area contributed by atoms with Gasteiger partial charge in [-0.3, -0.25) is 4.79 Å². The number of aromatic nitrogens is 1. The zero-order valence-corrected chi connectivity index (χ0v) is 19.9. The summed E-state index contributed by atoms with van der Waals surface area (Å²) >= 11 is 0. The summed E-state index contributed by atoms with van der Waals surface area (Å²) in [5.74, 6) is 5.39. The van der Waals surface area contributed by atoms with E-state index in [1.807, 2.05) is 61.0 Å². The van der Waals surface area contributed by atoms with Gasteiger partial charge in [-0.2, -0.15) is 0 Å². The Morgan fingerprint density at radius 3 is 2.53 bits per heavy atom. The van der Waals surface area contributed by atoms with Crippen LogP contribution in [-0.4, -0.2) is 22.9 Å². The van der Waals surface area contributed by atoms with E-state index in [9.17, 15) is 14.7 Å². The van der Waals surface area contributed by atoms with Gasteiger partial charge in [0.25, 0.3) is 0 Å². The number of carbonyl (C=O) groups excluding carboxylic acids is 2. The van der Waals surface area contributed by atoms with E-state index in [0.717, 1.165) is 11.1 Å². The van der Waals surface area contributed by atoms with Crippen LogP contribution in [0.2, 0.25) is 0 Å². The van der Waals surface area contributed by atoms with Crippen molar-refractivity contribution >= 4 is 11.8 Å². The van der Waals surface area contributed by atoms with Gasteiger partial charge in [-0.1, -0.05) is 47.7 Å². The Morgan fingerprint density at radius 2 is 1.90 bits per heavy atom. The Hall–Kier alpha value is -2.52. The molecular formula is C24H24NNaO4. The minimum atomic E-state index is -1.26.